The van der Waals surface area contributed by atoms with Gasteiger partial charge in [0.2, 0.25) is 0 Å². The standard InChI is InChI=1S/C17H14ClF4NO2/c1-10(25-14-4-2-3-12(18)7-14)16(24)23-9-11-5-6-13(19)8-15(11)17(20,21)22/h2-8,10H,9H2,1H3,(H,23,24). The van der Waals surface area contributed by atoms with Crippen molar-refractivity contribution in [2.45, 2.75) is 25.7 Å². The number of rotatable bonds is 5. The highest BCUT2D eigenvalue weighted by atomic mass is 35.5. The lowest BCUT2D eigenvalue weighted by Gasteiger charge is -2.17. The molecule has 0 aliphatic rings. The Hall–Kier alpha value is -2.28. The van der Waals surface area contributed by atoms with E-state index in [0.29, 0.717) is 16.8 Å². The maximum Gasteiger partial charge on any atom is 0.416 e. The van der Waals surface area contributed by atoms with Crippen LogP contribution < -0.4 is 10.1 Å². The van der Waals surface area contributed by atoms with E-state index in [0.717, 1.165) is 12.1 Å². The minimum absolute atomic E-state index is 0.239. The van der Waals surface area contributed by atoms with Crippen LogP contribution in [-0.4, -0.2) is 12.0 Å². The van der Waals surface area contributed by atoms with Crippen molar-refractivity contribution in [3.05, 3.63) is 64.4 Å². The predicted octanol–water partition coefficient (Wildman–Crippen LogP) is 4.58. The second-order valence-corrected chi connectivity index (χ2v) is 5.67. The summed E-state index contributed by atoms with van der Waals surface area (Å²) in [6.45, 7) is 1.04. The second kappa shape index (κ2) is 7.74. The summed E-state index contributed by atoms with van der Waals surface area (Å²) in [7, 11) is 0. The molecule has 0 fully saturated rings. The highest BCUT2D eigenvalue weighted by Crippen LogP contribution is 2.32. The molecule has 0 saturated heterocycles. The first-order valence-electron chi connectivity index (χ1n) is 7.22. The third kappa shape index (κ3) is 5.35. The van der Waals surface area contributed by atoms with E-state index in [1.807, 2.05) is 0 Å². The van der Waals surface area contributed by atoms with Gasteiger partial charge in [0.05, 0.1) is 5.56 Å². The number of benzene rings is 2. The fourth-order valence-electron chi connectivity index (χ4n) is 2.09. The van der Waals surface area contributed by atoms with Crippen LogP contribution in [0.2, 0.25) is 5.02 Å². The molecule has 2 rings (SSSR count). The lowest BCUT2D eigenvalue weighted by molar-refractivity contribution is -0.138. The van der Waals surface area contributed by atoms with Gasteiger partial charge in [0, 0.05) is 11.6 Å². The summed E-state index contributed by atoms with van der Waals surface area (Å²) < 4.78 is 57.2. The summed E-state index contributed by atoms with van der Waals surface area (Å²) in [5.41, 5.74) is -1.37. The third-order valence-corrected chi connectivity index (χ3v) is 3.54. The molecule has 0 aliphatic heterocycles. The Kier molecular flexibility index (Phi) is 5.89. The fourth-order valence-corrected chi connectivity index (χ4v) is 2.27. The van der Waals surface area contributed by atoms with E-state index >= 15 is 0 Å². The first-order valence-corrected chi connectivity index (χ1v) is 7.60. The first-order chi connectivity index (χ1) is 11.7. The van der Waals surface area contributed by atoms with Gasteiger partial charge in [-0.2, -0.15) is 13.2 Å². The quantitative estimate of drug-likeness (QED) is 0.777. The molecule has 2 aromatic carbocycles. The minimum Gasteiger partial charge on any atom is -0.481 e. The van der Waals surface area contributed by atoms with Gasteiger partial charge in [-0.3, -0.25) is 4.79 Å². The summed E-state index contributed by atoms with van der Waals surface area (Å²) in [5, 5.41) is 2.77. The molecule has 2 aromatic rings. The maximum absolute atomic E-state index is 13.1. The van der Waals surface area contributed by atoms with Crippen LogP contribution in [0.5, 0.6) is 5.75 Å². The predicted molar refractivity (Wildman–Crippen MR) is 84.8 cm³/mol. The van der Waals surface area contributed by atoms with Crippen LogP contribution in [0.25, 0.3) is 0 Å². The SMILES string of the molecule is CC(Oc1cccc(Cl)c1)C(=O)NCc1ccc(F)cc1C(F)(F)F. The van der Waals surface area contributed by atoms with Crippen LogP contribution >= 0.6 is 11.6 Å². The fraction of sp³-hybridized carbons (Fsp3) is 0.235. The van der Waals surface area contributed by atoms with Crippen molar-refractivity contribution in [1.82, 2.24) is 5.32 Å². The van der Waals surface area contributed by atoms with Gasteiger partial charge in [-0.1, -0.05) is 23.7 Å². The highest BCUT2D eigenvalue weighted by Gasteiger charge is 2.33. The monoisotopic (exact) mass is 375 g/mol. The number of carbonyl (C=O) groups excluding carboxylic acids is 1. The van der Waals surface area contributed by atoms with Gasteiger partial charge < -0.3 is 10.1 Å². The Labute approximate surface area is 146 Å². The molecule has 0 spiro atoms. The van der Waals surface area contributed by atoms with Crippen molar-refractivity contribution in [3.63, 3.8) is 0 Å². The van der Waals surface area contributed by atoms with Gasteiger partial charge >= 0.3 is 6.18 Å². The lowest BCUT2D eigenvalue weighted by atomic mass is 10.1. The Balaban J connectivity index is 2.02. The van der Waals surface area contributed by atoms with E-state index in [4.69, 9.17) is 16.3 Å². The van der Waals surface area contributed by atoms with Gasteiger partial charge in [0.15, 0.2) is 6.10 Å². The number of carbonyl (C=O) groups is 1. The molecule has 0 bridgehead atoms. The number of alkyl halides is 3. The van der Waals surface area contributed by atoms with Crippen molar-refractivity contribution < 1.29 is 27.1 Å². The Bertz CT molecular complexity index is 765. The molecule has 3 nitrogen and oxygen atoms in total. The Morgan fingerprint density at radius 3 is 2.60 bits per heavy atom. The summed E-state index contributed by atoms with van der Waals surface area (Å²) in [6, 6.07) is 8.66. The zero-order valence-electron chi connectivity index (χ0n) is 13.0. The van der Waals surface area contributed by atoms with Crippen LogP contribution in [0.15, 0.2) is 42.5 Å². The molecule has 0 aromatic heterocycles. The van der Waals surface area contributed by atoms with Gasteiger partial charge in [-0.25, -0.2) is 4.39 Å². The van der Waals surface area contributed by atoms with E-state index in [-0.39, 0.29) is 5.56 Å². The van der Waals surface area contributed by atoms with E-state index in [2.05, 4.69) is 5.32 Å². The van der Waals surface area contributed by atoms with Crippen molar-refractivity contribution in [3.8, 4) is 5.75 Å². The average molecular weight is 376 g/mol. The van der Waals surface area contributed by atoms with Gasteiger partial charge in [0.1, 0.15) is 11.6 Å². The summed E-state index contributed by atoms with van der Waals surface area (Å²) in [6.07, 6.45) is -5.67. The van der Waals surface area contributed by atoms with Crippen molar-refractivity contribution in [2.75, 3.05) is 0 Å². The molecule has 1 amide bonds. The largest absolute Gasteiger partial charge is 0.481 e. The molecule has 25 heavy (non-hydrogen) atoms. The number of amides is 1. The van der Waals surface area contributed by atoms with Crippen molar-refractivity contribution >= 4 is 17.5 Å². The summed E-state index contributed by atoms with van der Waals surface area (Å²) in [5.74, 6) is -1.26. The number of nitrogens with one attached hydrogen (secondary N) is 1. The molecule has 1 N–H and O–H groups in total. The lowest BCUT2D eigenvalue weighted by Crippen LogP contribution is -2.36. The second-order valence-electron chi connectivity index (χ2n) is 5.23. The molecular weight excluding hydrogens is 362 g/mol. The number of hydrogen-bond donors (Lipinski definition) is 1. The molecule has 0 heterocycles. The minimum atomic E-state index is -4.72. The van der Waals surface area contributed by atoms with E-state index in [1.54, 1.807) is 18.2 Å². The zero-order chi connectivity index (χ0) is 18.6. The van der Waals surface area contributed by atoms with Gasteiger partial charge in [0.25, 0.3) is 5.91 Å². The number of halogens is 5. The van der Waals surface area contributed by atoms with Crippen LogP contribution in [0.4, 0.5) is 17.6 Å². The third-order valence-electron chi connectivity index (χ3n) is 3.31. The average Bonchev–Trinajstić information content (AvgIpc) is 2.52. The zero-order valence-corrected chi connectivity index (χ0v) is 13.8. The van der Waals surface area contributed by atoms with E-state index < -0.39 is 36.1 Å². The normalized spacial score (nSPS) is 12.6. The Morgan fingerprint density at radius 2 is 1.96 bits per heavy atom. The molecule has 0 aliphatic carbocycles. The van der Waals surface area contributed by atoms with E-state index in [1.165, 1.54) is 13.0 Å². The molecule has 8 heteroatoms. The van der Waals surface area contributed by atoms with Crippen LogP contribution in [0.3, 0.4) is 0 Å². The molecular formula is C17H14ClF4NO2. The number of ether oxygens (including phenoxy) is 1. The first kappa shape index (κ1) is 19.1. The summed E-state index contributed by atoms with van der Waals surface area (Å²) >= 11 is 5.80. The van der Waals surface area contributed by atoms with Crippen LogP contribution in [-0.2, 0) is 17.5 Å². The van der Waals surface area contributed by atoms with Crippen LogP contribution in [0.1, 0.15) is 18.1 Å². The van der Waals surface area contributed by atoms with Crippen molar-refractivity contribution in [2.24, 2.45) is 0 Å². The van der Waals surface area contributed by atoms with Gasteiger partial charge in [-0.15, -0.1) is 0 Å². The number of hydrogen-bond acceptors (Lipinski definition) is 2. The summed E-state index contributed by atoms with van der Waals surface area (Å²) in [4.78, 5) is 12.0. The van der Waals surface area contributed by atoms with Crippen LogP contribution in [0, 0.1) is 5.82 Å². The highest BCUT2D eigenvalue weighted by molar-refractivity contribution is 6.30. The molecule has 134 valence electrons. The molecule has 0 radical (unpaired) electrons. The smallest absolute Gasteiger partial charge is 0.416 e. The molecule has 1 unspecified atom stereocenters. The maximum atomic E-state index is 13.1. The van der Waals surface area contributed by atoms with E-state index in [9.17, 15) is 22.4 Å². The molecule has 0 saturated carbocycles. The molecule has 1 atom stereocenters. The topological polar surface area (TPSA) is 38.3 Å². The van der Waals surface area contributed by atoms with Crippen molar-refractivity contribution in [1.29, 1.82) is 0 Å². The van der Waals surface area contributed by atoms with Gasteiger partial charge in [-0.05, 0) is 42.8 Å². The Morgan fingerprint density at radius 1 is 1.24 bits per heavy atom.